The van der Waals surface area contributed by atoms with Crippen LogP contribution in [0.15, 0.2) is 48.6 Å². The van der Waals surface area contributed by atoms with Crippen LogP contribution in [-0.4, -0.2) is 53.1 Å². The van der Waals surface area contributed by atoms with Gasteiger partial charge in [0.15, 0.2) is 0 Å². The molecule has 0 saturated heterocycles. The standard InChI is InChI=1S/C31H55NO6S/c1-3-5-7-9-11-13-15-16-18-19-21-23-25-29(33)28(27-39(36,37)38)32-31(35)30(34)26-24-22-20-17-14-12-10-8-6-4-2/h9-12,16,18,23,25,28-30,33-34H,3-8,13-15,17,19-22,24,26-27H2,1-2H3,(H,32,35)(H,36,37,38)/b11-9+,12-10-,18-16+,25-23+. The van der Waals surface area contributed by atoms with E-state index in [1.54, 1.807) is 6.08 Å². The van der Waals surface area contributed by atoms with E-state index in [1.165, 1.54) is 31.8 Å². The van der Waals surface area contributed by atoms with Gasteiger partial charge in [-0.15, -0.1) is 0 Å². The van der Waals surface area contributed by atoms with E-state index < -0.39 is 40.0 Å². The molecule has 39 heavy (non-hydrogen) atoms. The molecule has 7 nitrogen and oxygen atoms in total. The Kier molecular flexibility index (Phi) is 24.1. The highest BCUT2D eigenvalue weighted by Gasteiger charge is 2.27. The molecule has 4 N–H and O–H groups in total. The third-order valence-corrected chi connectivity index (χ3v) is 7.09. The van der Waals surface area contributed by atoms with Crippen LogP contribution in [0.4, 0.5) is 0 Å². The molecule has 8 heteroatoms. The van der Waals surface area contributed by atoms with E-state index in [1.807, 2.05) is 0 Å². The lowest BCUT2D eigenvalue weighted by atomic mass is 10.1. The summed E-state index contributed by atoms with van der Waals surface area (Å²) in [7, 11) is -4.45. The maximum Gasteiger partial charge on any atom is 0.267 e. The van der Waals surface area contributed by atoms with Crippen molar-refractivity contribution in [2.24, 2.45) is 0 Å². The van der Waals surface area contributed by atoms with Crippen molar-refractivity contribution in [2.45, 2.75) is 135 Å². The second-order valence-corrected chi connectivity index (χ2v) is 11.6. The number of carbonyl (C=O) groups is 1. The molecule has 3 atom stereocenters. The van der Waals surface area contributed by atoms with Gasteiger partial charge < -0.3 is 15.5 Å². The predicted octanol–water partition coefficient (Wildman–Crippen LogP) is 6.59. The van der Waals surface area contributed by atoms with Gasteiger partial charge in [-0.25, -0.2) is 0 Å². The van der Waals surface area contributed by atoms with E-state index in [9.17, 15) is 28.0 Å². The van der Waals surface area contributed by atoms with Crippen molar-refractivity contribution in [1.82, 2.24) is 5.32 Å². The molecule has 0 rings (SSSR count). The number of rotatable bonds is 25. The lowest BCUT2D eigenvalue weighted by Crippen LogP contribution is -2.50. The Morgan fingerprint density at radius 3 is 1.67 bits per heavy atom. The van der Waals surface area contributed by atoms with Crippen LogP contribution < -0.4 is 5.32 Å². The van der Waals surface area contributed by atoms with Crippen LogP contribution in [0.1, 0.15) is 117 Å². The quantitative estimate of drug-likeness (QED) is 0.0559. The highest BCUT2D eigenvalue weighted by Crippen LogP contribution is 2.10. The van der Waals surface area contributed by atoms with Gasteiger partial charge in [-0.1, -0.05) is 107 Å². The fourth-order valence-corrected chi connectivity index (χ4v) is 4.66. The van der Waals surface area contributed by atoms with Crippen molar-refractivity contribution in [2.75, 3.05) is 5.75 Å². The summed E-state index contributed by atoms with van der Waals surface area (Å²) in [5.74, 6) is -1.59. The number of aliphatic hydroxyl groups is 2. The number of aliphatic hydroxyl groups excluding tert-OH is 2. The third-order valence-electron chi connectivity index (χ3n) is 6.31. The van der Waals surface area contributed by atoms with Crippen LogP contribution in [0.2, 0.25) is 0 Å². The third kappa shape index (κ3) is 25.0. The Bertz CT molecular complexity index is 819. The van der Waals surface area contributed by atoms with Gasteiger partial charge in [0.05, 0.1) is 17.9 Å². The van der Waals surface area contributed by atoms with E-state index in [0.29, 0.717) is 12.8 Å². The number of carbonyl (C=O) groups excluding carboxylic acids is 1. The number of amides is 1. The molecular formula is C31H55NO6S. The molecule has 0 fully saturated rings. The largest absolute Gasteiger partial charge is 0.387 e. The van der Waals surface area contributed by atoms with Crippen molar-refractivity contribution < 1.29 is 28.0 Å². The smallest absolute Gasteiger partial charge is 0.267 e. The van der Waals surface area contributed by atoms with E-state index in [4.69, 9.17) is 0 Å². The monoisotopic (exact) mass is 569 g/mol. The average Bonchev–Trinajstić information content (AvgIpc) is 2.88. The maximum absolute atomic E-state index is 12.4. The highest BCUT2D eigenvalue weighted by atomic mass is 32.2. The van der Waals surface area contributed by atoms with Crippen molar-refractivity contribution >= 4 is 16.0 Å². The van der Waals surface area contributed by atoms with Gasteiger partial charge in [-0.2, -0.15) is 8.42 Å². The summed E-state index contributed by atoms with van der Waals surface area (Å²) >= 11 is 0. The number of unbranched alkanes of at least 4 members (excludes halogenated alkanes) is 10. The van der Waals surface area contributed by atoms with Crippen LogP contribution in [0.3, 0.4) is 0 Å². The fourth-order valence-electron chi connectivity index (χ4n) is 3.92. The minimum absolute atomic E-state index is 0.254. The van der Waals surface area contributed by atoms with Crippen molar-refractivity contribution in [3.63, 3.8) is 0 Å². The van der Waals surface area contributed by atoms with E-state index in [0.717, 1.165) is 57.8 Å². The lowest BCUT2D eigenvalue weighted by Gasteiger charge is -2.22. The predicted molar refractivity (Wildman–Crippen MR) is 162 cm³/mol. The highest BCUT2D eigenvalue weighted by molar-refractivity contribution is 7.85. The van der Waals surface area contributed by atoms with Gasteiger partial charge in [-0.05, 0) is 57.8 Å². The molecule has 226 valence electrons. The molecule has 0 bridgehead atoms. The first-order chi connectivity index (χ1) is 18.7. The van der Waals surface area contributed by atoms with Crippen LogP contribution in [0.25, 0.3) is 0 Å². The molecule has 3 unspecified atom stereocenters. The van der Waals surface area contributed by atoms with Crippen molar-refractivity contribution in [3.05, 3.63) is 48.6 Å². The van der Waals surface area contributed by atoms with Gasteiger partial charge in [0.25, 0.3) is 10.1 Å². The van der Waals surface area contributed by atoms with Gasteiger partial charge in [0.1, 0.15) is 6.10 Å². The first kappa shape index (κ1) is 37.3. The zero-order chi connectivity index (χ0) is 29.2. The minimum Gasteiger partial charge on any atom is -0.387 e. The molecule has 0 heterocycles. The molecule has 0 aromatic carbocycles. The number of hydrogen-bond donors (Lipinski definition) is 4. The Morgan fingerprint density at radius 1 is 0.692 bits per heavy atom. The Balaban J connectivity index is 4.40. The molecule has 0 saturated carbocycles. The number of allylic oxidation sites excluding steroid dienone is 7. The Morgan fingerprint density at radius 2 is 1.15 bits per heavy atom. The van der Waals surface area contributed by atoms with Crippen molar-refractivity contribution in [3.8, 4) is 0 Å². The van der Waals surface area contributed by atoms with E-state index in [2.05, 4.69) is 55.6 Å². The molecule has 0 spiro atoms. The molecule has 0 aromatic heterocycles. The summed E-state index contributed by atoms with van der Waals surface area (Å²) in [5, 5.41) is 23.0. The molecule has 0 aliphatic heterocycles. The molecule has 0 radical (unpaired) electrons. The summed E-state index contributed by atoms with van der Waals surface area (Å²) in [6, 6.07) is -1.26. The molecule has 0 aliphatic rings. The molecule has 0 aromatic rings. The van der Waals surface area contributed by atoms with Gasteiger partial charge in [0.2, 0.25) is 5.91 Å². The molecular weight excluding hydrogens is 514 g/mol. The van der Waals surface area contributed by atoms with E-state index in [-0.39, 0.29) is 6.42 Å². The fraction of sp³-hybridized carbons (Fsp3) is 0.710. The second kappa shape index (κ2) is 25.2. The molecule has 0 aliphatic carbocycles. The Labute approximate surface area is 238 Å². The number of nitrogens with one attached hydrogen (secondary N) is 1. The minimum atomic E-state index is -4.45. The summed E-state index contributed by atoms with van der Waals surface area (Å²) < 4.78 is 32.1. The van der Waals surface area contributed by atoms with Gasteiger partial charge in [0, 0.05) is 0 Å². The summed E-state index contributed by atoms with van der Waals surface area (Å²) in [5.41, 5.74) is 0. The zero-order valence-electron chi connectivity index (χ0n) is 24.3. The SMILES string of the molecule is CCCC/C=C\CCCCCCC(O)C(=O)NC(CS(=O)(=O)O)C(O)/C=C/CC/C=C/CC/C=C/CCCC. The van der Waals surface area contributed by atoms with Crippen LogP contribution in [0.5, 0.6) is 0 Å². The average molecular weight is 570 g/mol. The van der Waals surface area contributed by atoms with Crippen LogP contribution in [0, 0.1) is 0 Å². The lowest BCUT2D eigenvalue weighted by molar-refractivity contribution is -0.130. The summed E-state index contributed by atoms with van der Waals surface area (Å²) in [4.78, 5) is 12.4. The topological polar surface area (TPSA) is 124 Å². The second-order valence-electron chi connectivity index (χ2n) is 10.1. The molecule has 1 amide bonds. The maximum atomic E-state index is 12.4. The first-order valence-corrected chi connectivity index (χ1v) is 16.6. The van der Waals surface area contributed by atoms with Gasteiger partial charge >= 0.3 is 0 Å². The Hall–Kier alpha value is -1.74. The summed E-state index contributed by atoms with van der Waals surface area (Å²) in [6.07, 6.45) is 28.9. The normalized spacial score (nSPS) is 15.1. The number of hydrogen-bond acceptors (Lipinski definition) is 5. The van der Waals surface area contributed by atoms with Gasteiger partial charge in [-0.3, -0.25) is 9.35 Å². The zero-order valence-corrected chi connectivity index (χ0v) is 25.2. The van der Waals surface area contributed by atoms with Crippen LogP contribution in [-0.2, 0) is 14.9 Å². The van der Waals surface area contributed by atoms with Crippen molar-refractivity contribution in [1.29, 1.82) is 0 Å². The van der Waals surface area contributed by atoms with Crippen LogP contribution >= 0.6 is 0 Å². The first-order valence-electron chi connectivity index (χ1n) is 14.9. The van der Waals surface area contributed by atoms with E-state index >= 15 is 0 Å². The summed E-state index contributed by atoms with van der Waals surface area (Å²) in [6.45, 7) is 4.35.